The summed E-state index contributed by atoms with van der Waals surface area (Å²) in [6.07, 6.45) is 0. The second-order valence-electron chi connectivity index (χ2n) is 3.98. The fourth-order valence-electron chi connectivity index (χ4n) is 1.43. The highest BCUT2D eigenvalue weighted by atomic mass is 32.1. The van der Waals surface area contributed by atoms with E-state index in [9.17, 15) is 4.79 Å². The average molecular weight is 267 g/mol. The summed E-state index contributed by atoms with van der Waals surface area (Å²) in [7, 11) is 0. The molecule has 0 fully saturated rings. The first kappa shape index (κ1) is 14.3. The molecule has 1 unspecified atom stereocenters. The molecule has 1 amide bonds. The molecule has 0 aliphatic carbocycles. The van der Waals surface area contributed by atoms with Gasteiger partial charge in [-0.05, 0) is 19.1 Å². The van der Waals surface area contributed by atoms with Crippen LogP contribution in [0, 0.1) is 5.92 Å². The van der Waals surface area contributed by atoms with Gasteiger partial charge in [0.15, 0.2) is 11.5 Å². The lowest BCUT2D eigenvalue weighted by Gasteiger charge is -2.24. The second kappa shape index (κ2) is 6.25. The maximum atomic E-state index is 10.9. The zero-order valence-corrected chi connectivity index (χ0v) is 11.3. The average Bonchev–Trinajstić information content (AvgIpc) is 2.35. The van der Waals surface area contributed by atoms with Crippen molar-refractivity contribution in [3.05, 3.63) is 17.8 Å². The molecule has 0 saturated heterocycles. The van der Waals surface area contributed by atoms with E-state index in [0.29, 0.717) is 17.4 Å². The van der Waals surface area contributed by atoms with Crippen molar-refractivity contribution in [3.63, 3.8) is 0 Å². The summed E-state index contributed by atoms with van der Waals surface area (Å²) in [5, 5.41) is 7.74. The number of hydrogen-bond acceptors (Lipinski definition) is 5. The van der Waals surface area contributed by atoms with Crippen LogP contribution in [-0.4, -0.2) is 34.2 Å². The Kier molecular flexibility index (Phi) is 4.96. The van der Waals surface area contributed by atoms with Gasteiger partial charge in [0.05, 0.1) is 4.99 Å². The molecule has 98 valence electrons. The van der Waals surface area contributed by atoms with Crippen LogP contribution in [0.25, 0.3) is 0 Å². The summed E-state index contributed by atoms with van der Waals surface area (Å²) in [4.78, 5) is 13.3. The highest BCUT2D eigenvalue weighted by Crippen LogP contribution is 2.12. The van der Waals surface area contributed by atoms with E-state index in [4.69, 9.17) is 23.7 Å². The van der Waals surface area contributed by atoms with Gasteiger partial charge < -0.3 is 16.4 Å². The summed E-state index contributed by atoms with van der Waals surface area (Å²) in [6.45, 7) is 5.36. The lowest BCUT2D eigenvalue weighted by atomic mass is 10.1. The van der Waals surface area contributed by atoms with Gasteiger partial charge in [-0.25, -0.2) is 0 Å². The minimum atomic E-state index is -0.589. The van der Waals surface area contributed by atoms with E-state index in [-0.39, 0.29) is 11.6 Å². The molecule has 0 spiro atoms. The molecule has 7 heteroatoms. The first-order chi connectivity index (χ1) is 8.45. The Morgan fingerprint density at radius 1 is 1.44 bits per heavy atom. The second-order valence-corrected chi connectivity index (χ2v) is 4.45. The molecule has 0 aromatic carbocycles. The molecule has 1 aromatic rings. The normalized spacial score (nSPS) is 11.9. The topological polar surface area (TPSA) is 98.1 Å². The quantitative estimate of drug-likeness (QED) is 0.720. The lowest BCUT2D eigenvalue weighted by molar-refractivity contribution is 0.0994. The smallest absolute Gasteiger partial charge is 0.269 e. The molecule has 1 aromatic heterocycles. The van der Waals surface area contributed by atoms with Crippen molar-refractivity contribution < 1.29 is 4.79 Å². The Labute approximate surface area is 111 Å². The Bertz CT molecular complexity index is 434. The molecular weight excluding hydrogens is 250 g/mol. The third kappa shape index (κ3) is 3.63. The van der Waals surface area contributed by atoms with E-state index in [1.807, 2.05) is 18.7 Å². The molecular formula is C11H17N5OS. The van der Waals surface area contributed by atoms with Crippen molar-refractivity contribution in [2.45, 2.75) is 13.8 Å². The van der Waals surface area contributed by atoms with E-state index in [0.717, 1.165) is 6.54 Å². The number of primary amides is 1. The van der Waals surface area contributed by atoms with E-state index in [1.165, 1.54) is 0 Å². The lowest BCUT2D eigenvalue weighted by Crippen LogP contribution is -2.34. The Morgan fingerprint density at radius 2 is 2.11 bits per heavy atom. The minimum Gasteiger partial charge on any atom is -0.393 e. The van der Waals surface area contributed by atoms with Gasteiger partial charge in [0, 0.05) is 19.0 Å². The van der Waals surface area contributed by atoms with Gasteiger partial charge in [0.1, 0.15) is 0 Å². The Hall–Kier alpha value is -1.76. The molecule has 1 atom stereocenters. The van der Waals surface area contributed by atoms with Gasteiger partial charge >= 0.3 is 0 Å². The number of aromatic nitrogens is 2. The van der Waals surface area contributed by atoms with Crippen LogP contribution in [0.2, 0.25) is 0 Å². The predicted octanol–water partition coefficient (Wildman–Crippen LogP) is 0.324. The molecule has 18 heavy (non-hydrogen) atoms. The maximum Gasteiger partial charge on any atom is 0.269 e. The summed E-state index contributed by atoms with van der Waals surface area (Å²) < 4.78 is 0. The van der Waals surface area contributed by atoms with Crippen molar-refractivity contribution in [2.24, 2.45) is 17.4 Å². The van der Waals surface area contributed by atoms with Gasteiger partial charge in [0.2, 0.25) is 0 Å². The molecule has 0 bridgehead atoms. The third-order valence-corrected chi connectivity index (χ3v) is 2.99. The van der Waals surface area contributed by atoms with E-state index >= 15 is 0 Å². The van der Waals surface area contributed by atoms with Crippen molar-refractivity contribution in [2.75, 3.05) is 18.0 Å². The van der Waals surface area contributed by atoms with Gasteiger partial charge in [-0.1, -0.05) is 19.1 Å². The Morgan fingerprint density at radius 3 is 2.50 bits per heavy atom. The molecule has 4 N–H and O–H groups in total. The van der Waals surface area contributed by atoms with Gasteiger partial charge in [-0.3, -0.25) is 4.79 Å². The Balaban J connectivity index is 2.82. The number of thiocarbonyl (C=S) groups is 1. The summed E-state index contributed by atoms with van der Waals surface area (Å²) >= 11 is 4.94. The number of carbonyl (C=O) groups is 1. The number of amides is 1. The standard InChI is InChI=1S/C11H17N5OS/c1-3-16(6-7(2)11(13)18)9-5-4-8(10(12)17)14-15-9/h4-5,7H,3,6H2,1-2H3,(H2,12,17)(H2,13,18). The van der Waals surface area contributed by atoms with E-state index in [1.54, 1.807) is 12.1 Å². The molecule has 0 radical (unpaired) electrons. The van der Waals surface area contributed by atoms with Crippen LogP contribution in [0.15, 0.2) is 12.1 Å². The van der Waals surface area contributed by atoms with Gasteiger partial charge in [0.25, 0.3) is 5.91 Å². The molecule has 1 rings (SSSR count). The molecule has 0 aliphatic rings. The monoisotopic (exact) mass is 267 g/mol. The van der Waals surface area contributed by atoms with E-state index < -0.39 is 5.91 Å². The molecule has 1 heterocycles. The zero-order valence-electron chi connectivity index (χ0n) is 10.5. The maximum absolute atomic E-state index is 10.9. The van der Waals surface area contributed by atoms with Crippen molar-refractivity contribution in [1.82, 2.24) is 10.2 Å². The van der Waals surface area contributed by atoms with Crippen LogP contribution < -0.4 is 16.4 Å². The van der Waals surface area contributed by atoms with Gasteiger partial charge in [-0.15, -0.1) is 10.2 Å². The van der Waals surface area contributed by atoms with Crippen LogP contribution in [0.1, 0.15) is 24.3 Å². The minimum absolute atomic E-state index is 0.0811. The van der Waals surface area contributed by atoms with Crippen LogP contribution >= 0.6 is 12.2 Å². The summed E-state index contributed by atoms with van der Waals surface area (Å²) in [5.74, 6) is 0.164. The summed E-state index contributed by atoms with van der Waals surface area (Å²) in [6, 6.07) is 3.27. The van der Waals surface area contributed by atoms with Crippen LogP contribution in [-0.2, 0) is 0 Å². The van der Waals surface area contributed by atoms with Crippen LogP contribution in [0.5, 0.6) is 0 Å². The number of nitrogens with zero attached hydrogens (tertiary/aromatic N) is 3. The number of rotatable bonds is 6. The first-order valence-electron chi connectivity index (χ1n) is 5.63. The fourth-order valence-corrected chi connectivity index (χ4v) is 1.51. The number of hydrogen-bond donors (Lipinski definition) is 2. The third-order valence-electron chi connectivity index (χ3n) is 2.59. The largest absolute Gasteiger partial charge is 0.393 e. The molecule has 6 nitrogen and oxygen atoms in total. The van der Waals surface area contributed by atoms with E-state index in [2.05, 4.69) is 10.2 Å². The van der Waals surface area contributed by atoms with Crippen LogP contribution in [0.3, 0.4) is 0 Å². The number of anilines is 1. The molecule has 0 aliphatic heterocycles. The zero-order chi connectivity index (χ0) is 13.7. The fraction of sp³-hybridized carbons (Fsp3) is 0.455. The highest BCUT2D eigenvalue weighted by molar-refractivity contribution is 7.80. The highest BCUT2D eigenvalue weighted by Gasteiger charge is 2.13. The number of carbonyl (C=O) groups excluding carboxylic acids is 1. The SMILES string of the molecule is CCN(CC(C)C(N)=S)c1ccc(C(N)=O)nn1. The molecule has 0 saturated carbocycles. The predicted molar refractivity (Wildman–Crippen MR) is 74.4 cm³/mol. The number of nitrogens with two attached hydrogens (primary N) is 2. The van der Waals surface area contributed by atoms with Crippen molar-refractivity contribution in [1.29, 1.82) is 0 Å². The first-order valence-corrected chi connectivity index (χ1v) is 6.04. The van der Waals surface area contributed by atoms with Crippen molar-refractivity contribution in [3.8, 4) is 0 Å². The summed E-state index contributed by atoms with van der Waals surface area (Å²) in [5.41, 5.74) is 10.8. The van der Waals surface area contributed by atoms with Crippen molar-refractivity contribution >= 4 is 28.9 Å². The van der Waals surface area contributed by atoms with Gasteiger partial charge in [-0.2, -0.15) is 0 Å². The van der Waals surface area contributed by atoms with Crippen LogP contribution in [0.4, 0.5) is 5.82 Å².